The van der Waals surface area contributed by atoms with Gasteiger partial charge >= 0.3 is 22.4 Å². The molecule has 1 aliphatic heterocycles. The normalized spacial score (nSPS) is 16.9. The molecule has 1 aromatic rings. The van der Waals surface area contributed by atoms with Gasteiger partial charge in [-0.25, -0.2) is 9.59 Å². The number of fused-ring (bicyclic) bond motifs is 1. The second-order valence-corrected chi connectivity index (χ2v) is 9.57. The van der Waals surface area contributed by atoms with Crippen molar-refractivity contribution in [1.29, 1.82) is 0 Å². The third kappa shape index (κ3) is 6.90. The first-order valence-corrected chi connectivity index (χ1v) is 10.7. The topological polar surface area (TPSA) is 122 Å². The van der Waals surface area contributed by atoms with Gasteiger partial charge in [-0.1, -0.05) is 19.9 Å². The third-order valence-corrected chi connectivity index (χ3v) is 4.54. The van der Waals surface area contributed by atoms with Gasteiger partial charge in [-0.2, -0.15) is 8.42 Å². The lowest BCUT2D eigenvalue weighted by molar-refractivity contribution is -0.151. The molecule has 0 unspecified atom stereocenters. The average Bonchev–Trinajstić information content (AvgIpc) is 2.55. The van der Waals surface area contributed by atoms with Gasteiger partial charge < -0.3 is 9.47 Å². The highest BCUT2D eigenvalue weighted by molar-refractivity contribution is 7.87. The van der Waals surface area contributed by atoms with Crippen molar-refractivity contribution < 1.29 is 32.0 Å². The highest BCUT2D eigenvalue weighted by Crippen LogP contribution is 2.28. The SMILES string of the molecule is CC(C)COC(=O)[C@@H]1Cc2ccc(NS(=O)(=O)O)cc2CN1C(=O)OC(C)(C)C. The van der Waals surface area contributed by atoms with Crippen molar-refractivity contribution in [3.63, 3.8) is 0 Å². The molecule has 0 radical (unpaired) electrons. The zero-order valence-corrected chi connectivity index (χ0v) is 18.1. The van der Waals surface area contributed by atoms with Crippen molar-refractivity contribution in [1.82, 2.24) is 4.90 Å². The zero-order valence-electron chi connectivity index (χ0n) is 17.3. The first kappa shape index (κ1) is 23.0. The molecule has 1 aliphatic rings. The van der Waals surface area contributed by atoms with Crippen LogP contribution in [0.3, 0.4) is 0 Å². The van der Waals surface area contributed by atoms with Crippen LogP contribution in [0.1, 0.15) is 45.7 Å². The summed E-state index contributed by atoms with van der Waals surface area (Å²) in [4.78, 5) is 26.7. The predicted molar refractivity (Wildman–Crippen MR) is 107 cm³/mol. The monoisotopic (exact) mass is 428 g/mol. The number of carbonyl (C=O) groups excluding carboxylic acids is 2. The Labute approximate surface area is 171 Å². The summed E-state index contributed by atoms with van der Waals surface area (Å²) < 4.78 is 43.9. The number of hydrogen-bond donors (Lipinski definition) is 2. The molecule has 1 amide bonds. The summed E-state index contributed by atoms with van der Waals surface area (Å²) in [5, 5.41) is 0. The predicted octanol–water partition coefficient (Wildman–Crippen LogP) is 2.76. The van der Waals surface area contributed by atoms with E-state index < -0.39 is 34.0 Å². The lowest BCUT2D eigenvalue weighted by atomic mass is 9.93. The second-order valence-electron chi connectivity index (χ2n) is 8.41. The van der Waals surface area contributed by atoms with Crippen LogP contribution in [0.5, 0.6) is 0 Å². The minimum atomic E-state index is -4.43. The van der Waals surface area contributed by atoms with E-state index in [4.69, 9.17) is 14.0 Å². The Kier molecular flexibility index (Phi) is 6.79. The number of benzene rings is 1. The van der Waals surface area contributed by atoms with Crippen LogP contribution >= 0.6 is 0 Å². The molecule has 1 heterocycles. The number of nitrogens with one attached hydrogen (secondary N) is 1. The standard InChI is InChI=1S/C19H28N2O7S/c1-12(2)11-27-17(22)16-9-13-6-7-15(20-29(24,25)26)8-14(13)10-21(16)18(23)28-19(3,4)5/h6-8,12,16,20H,9-11H2,1-5H3,(H,24,25,26)/t16-/m0/s1. The minimum absolute atomic E-state index is 0.0344. The second kappa shape index (κ2) is 8.58. The number of hydrogen-bond acceptors (Lipinski definition) is 6. The van der Waals surface area contributed by atoms with E-state index in [0.717, 1.165) is 5.56 Å². The van der Waals surface area contributed by atoms with Gasteiger partial charge in [-0.15, -0.1) is 0 Å². The highest BCUT2D eigenvalue weighted by atomic mass is 32.2. The maximum atomic E-state index is 12.7. The van der Waals surface area contributed by atoms with Gasteiger partial charge in [0.25, 0.3) is 0 Å². The van der Waals surface area contributed by atoms with Crippen molar-refractivity contribution in [3.05, 3.63) is 29.3 Å². The fourth-order valence-electron chi connectivity index (χ4n) is 2.86. The Balaban J connectivity index is 2.33. The van der Waals surface area contributed by atoms with Crippen molar-refractivity contribution in [2.45, 2.75) is 59.2 Å². The Morgan fingerprint density at radius 3 is 2.48 bits per heavy atom. The average molecular weight is 429 g/mol. The van der Waals surface area contributed by atoms with E-state index in [0.29, 0.717) is 5.56 Å². The van der Waals surface area contributed by atoms with Gasteiger partial charge in [-0.05, 0) is 49.9 Å². The summed E-state index contributed by atoms with van der Waals surface area (Å²) in [6.07, 6.45) is -0.458. The van der Waals surface area contributed by atoms with E-state index in [1.807, 2.05) is 18.6 Å². The first-order valence-electron chi connectivity index (χ1n) is 9.28. The summed E-state index contributed by atoms with van der Waals surface area (Å²) in [6, 6.07) is 3.79. The zero-order chi connectivity index (χ0) is 22.0. The molecular formula is C19H28N2O7S. The van der Waals surface area contributed by atoms with Gasteiger partial charge in [0, 0.05) is 6.42 Å². The largest absolute Gasteiger partial charge is 0.464 e. The number of anilines is 1. The van der Waals surface area contributed by atoms with E-state index in [1.54, 1.807) is 26.8 Å². The van der Waals surface area contributed by atoms with Gasteiger partial charge in [0.05, 0.1) is 18.8 Å². The molecule has 0 saturated heterocycles. The highest BCUT2D eigenvalue weighted by Gasteiger charge is 2.38. The van der Waals surface area contributed by atoms with E-state index in [9.17, 15) is 18.0 Å². The van der Waals surface area contributed by atoms with Crippen molar-refractivity contribution in [3.8, 4) is 0 Å². The Hall–Kier alpha value is -2.33. The lowest BCUT2D eigenvalue weighted by Gasteiger charge is -2.36. The molecule has 2 rings (SSSR count). The third-order valence-electron chi connectivity index (χ3n) is 4.04. The molecule has 0 fully saturated rings. The molecule has 162 valence electrons. The molecule has 0 aliphatic carbocycles. The molecule has 1 aromatic carbocycles. The van der Waals surface area contributed by atoms with Crippen LogP contribution in [0, 0.1) is 5.92 Å². The van der Waals surface area contributed by atoms with Crippen LogP contribution in [0.2, 0.25) is 0 Å². The van der Waals surface area contributed by atoms with Gasteiger partial charge in [-0.3, -0.25) is 14.2 Å². The summed E-state index contributed by atoms with van der Waals surface area (Å²) in [5.41, 5.74) is 0.809. The number of rotatable bonds is 5. The molecule has 0 saturated carbocycles. The Bertz CT molecular complexity index is 875. The Morgan fingerprint density at radius 1 is 1.28 bits per heavy atom. The van der Waals surface area contributed by atoms with Crippen molar-refractivity contribution in [2.24, 2.45) is 5.92 Å². The van der Waals surface area contributed by atoms with E-state index >= 15 is 0 Å². The van der Waals surface area contributed by atoms with Crippen LogP contribution in [0.4, 0.5) is 10.5 Å². The van der Waals surface area contributed by atoms with Crippen molar-refractivity contribution >= 4 is 28.1 Å². The molecule has 29 heavy (non-hydrogen) atoms. The van der Waals surface area contributed by atoms with Gasteiger partial charge in [0.2, 0.25) is 0 Å². The molecule has 0 aromatic heterocycles. The molecule has 0 bridgehead atoms. The molecule has 0 spiro atoms. The molecule has 10 heteroatoms. The van der Waals surface area contributed by atoms with Crippen LogP contribution in [-0.4, -0.2) is 48.2 Å². The maximum absolute atomic E-state index is 12.7. The lowest BCUT2D eigenvalue weighted by Crippen LogP contribution is -2.51. The Morgan fingerprint density at radius 2 is 1.93 bits per heavy atom. The molecule has 9 nitrogen and oxygen atoms in total. The van der Waals surface area contributed by atoms with Crippen LogP contribution in [0.15, 0.2) is 18.2 Å². The van der Waals surface area contributed by atoms with Gasteiger partial charge in [0.1, 0.15) is 11.6 Å². The smallest absolute Gasteiger partial charge is 0.411 e. The number of ether oxygens (including phenoxy) is 2. The summed E-state index contributed by atoms with van der Waals surface area (Å²) >= 11 is 0. The van der Waals surface area contributed by atoms with Crippen LogP contribution in [-0.2, 0) is 37.5 Å². The summed E-state index contributed by atoms with van der Waals surface area (Å²) in [7, 11) is -4.43. The first-order chi connectivity index (χ1) is 13.2. The fourth-order valence-corrected chi connectivity index (χ4v) is 3.29. The maximum Gasteiger partial charge on any atom is 0.411 e. The molecule has 2 N–H and O–H groups in total. The quantitative estimate of drug-likeness (QED) is 0.546. The molecule has 1 atom stereocenters. The number of esters is 1. The summed E-state index contributed by atoms with van der Waals surface area (Å²) in [6.45, 7) is 9.28. The molecular weight excluding hydrogens is 400 g/mol. The minimum Gasteiger partial charge on any atom is -0.464 e. The van der Waals surface area contributed by atoms with Gasteiger partial charge in [0.15, 0.2) is 0 Å². The van der Waals surface area contributed by atoms with E-state index in [2.05, 4.69) is 0 Å². The van der Waals surface area contributed by atoms with Crippen molar-refractivity contribution in [2.75, 3.05) is 11.3 Å². The van der Waals surface area contributed by atoms with E-state index in [1.165, 1.54) is 17.0 Å². The summed E-state index contributed by atoms with van der Waals surface area (Å²) in [5.74, 6) is -0.366. The van der Waals surface area contributed by atoms with E-state index in [-0.39, 0.29) is 31.2 Å². The number of carbonyl (C=O) groups is 2. The fraction of sp³-hybridized carbons (Fsp3) is 0.579. The van der Waals surface area contributed by atoms with Crippen LogP contribution in [0.25, 0.3) is 0 Å². The number of nitrogens with zero attached hydrogens (tertiary/aromatic N) is 1. The number of amides is 1. The van der Waals surface area contributed by atoms with Crippen LogP contribution < -0.4 is 4.72 Å².